The van der Waals surface area contributed by atoms with Gasteiger partial charge in [-0.05, 0) is 0 Å². The van der Waals surface area contributed by atoms with Gasteiger partial charge in [-0.3, -0.25) is 0 Å². The molecule has 78 valence electrons. The van der Waals surface area contributed by atoms with Gasteiger partial charge in [-0.1, -0.05) is 0 Å². The van der Waals surface area contributed by atoms with Crippen LogP contribution < -0.4 is 0 Å². The van der Waals surface area contributed by atoms with Gasteiger partial charge in [0.2, 0.25) is 0 Å². The second-order valence-corrected chi connectivity index (χ2v) is 0. The zero-order valence-electron chi connectivity index (χ0n) is 3.09. The molecule has 0 radical (unpaired) electrons. The van der Waals surface area contributed by atoms with E-state index in [0.29, 0.717) is 0 Å². The van der Waals surface area contributed by atoms with Gasteiger partial charge in [0.05, 0.1) is 0 Å². The van der Waals surface area contributed by atoms with Crippen LogP contribution in [-0.4, -0.2) is 0 Å². The zero-order chi connectivity index (χ0) is 8.00. The molecule has 0 aliphatic rings. The Hall–Kier alpha value is 4.60. The largest absolute Gasteiger partial charge is 4.00 e. The van der Waals surface area contributed by atoms with Crippen LogP contribution in [0.3, 0.4) is 0 Å². The van der Waals surface area contributed by atoms with E-state index in [9.17, 15) is 0 Å². The Labute approximate surface area is 131 Å². The standard InChI is InChI=1S/4ClH.5Pt/h4*1H;;;;;/q;;;;;;;;+4/p-4. The SMILES string of the molecule is [Cl][Pt-].[Cl][Pt-].[Cl][Pt-].[Cl][Pt-].[Pt+4]. The predicted octanol–water partition coefficient (Wildman–Crippen LogP) is 2.75. The Morgan fingerprint density at radius 3 is 0.444 bits per heavy atom. The second kappa shape index (κ2) is 80.1. The molecule has 0 saturated heterocycles. The van der Waals surface area contributed by atoms with E-state index in [1.807, 2.05) is 0 Å². The molecule has 0 heterocycles. The van der Waals surface area contributed by atoms with Crippen molar-refractivity contribution in [3.63, 3.8) is 0 Å². The molecule has 0 aliphatic heterocycles. The average Bonchev–Trinajstić information content (AvgIpc) is 2.03. The molecule has 0 amide bonds. The molecule has 0 unspecified atom stereocenters. The van der Waals surface area contributed by atoms with Gasteiger partial charge in [0, 0.05) is 0 Å². The minimum Gasteiger partial charge on any atom is 4.00 e. The fourth-order valence-corrected chi connectivity index (χ4v) is 0. The van der Waals surface area contributed by atoms with Crippen LogP contribution in [0.5, 0.6) is 0 Å². The quantitative estimate of drug-likeness (QED) is 0.351. The van der Waals surface area contributed by atoms with Gasteiger partial charge in [0.1, 0.15) is 0 Å². The first-order chi connectivity index (χ1) is 4.00. The van der Waals surface area contributed by atoms with Crippen molar-refractivity contribution in [2.24, 2.45) is 0 Å². The maximum Gasteiger partial charge on any atom is 4.00 e. The summed E-state index contributed by atoms with van der Waals surface area (Å²) in [5.74, 6) is 0. The van der Waals surface area contributed by atoms with Crippen molar-refractivity contribution >= 4 is 37.7 Å². The molecule has 0 N–H and O–H groups in total. The van der Waals surface area contributed by atoms with Gasteiger partial charge < -0.3 is 0 Å². The molecular formula is Cl4Pt5. The Morgan fingerprint density at radius 1 is 0.444 bits per heavy atom. The fraction of sp³-hybridized carbons (Fsp3) is 0. The molecule has 0 aliphatic carbocycles. The topological polar surface area (TPSA) is 0 Å². The van der Waals surface area contributed by atoms with E-state index in [-0.39, 0.29) is 21.1 Å². The van der Waals surface area contributed by atoms with E-state index in [1.54, 1.807) is 75.1 Å². The summed E-state index contributed by atoms with van der Waals surface area (Å²) in [6.07, 6.45) is 0. The third-order valence-corrected chi connectivity index (χ3v) is 0. The van der Waals surface area contributed by atoms with Crippen molar-refractivity contribution < 1.29 is 96.2 Å². The summed E-state index contributed by atoms with van der Waals surface area (Å²) >= 11 is 6.44. The van der Waals surface area contributed by atoms with Crippen molar-refractivity contribution in [2.45, 2.75) is 0 Å². The van der Waals surface area contributed by atoms with Crippen molar-refractivity contribution in [2.75, 3.05) is 0 Å². The summed E-state index contributed by atoms with van der Waals surface area (Å²) in [5, 5.41) is 0. The Balaban J connectivity index is -0.00000000762. The third kappa shape index (κ3) is 66.9. The molecule has 0 bridgehead atoms. The van der Waals surface area contributed by atoms with Crippen LogP contribution in [0, 0.1) is 0 Å². The molecular weight excluding hydrogens is 1120 g/mol. The summed E-state index contributed by atoms with van der Waals surface area (Å²) in [7, 11) is 18.4. The molecule has 0 rings (SSSR count). The van der Waals surface area contributed by atoms with Crippen LogP contribution in [0.2, 0.25) is 0 Å². The normalized spacial score (nSPS) is 3.11. The maximum absolute atomic E-state index is 4.61. The molecule has 0 saturated carbocycles. The van der Waals surface area contributed by atoms with E-state index in [1.165, 1.54) is 0 Å². The summed E-state index contributed by atoms with van der Waals surface area (Å²) in [5.41, 5.74) is 0. The minimum atomic E-state index is 0. The van der Waals surface area contributed by atoms with Crippen LogP contribution in [0.15, 0.2) is 0 Å². The molecule has 0 aromatic heterocycles. The number of halogens is 4. The minimum absolute atomic E-state index is 0. The molecule has 0 fully saturated rings. The van der Waals surface area contributed by atoms with Gasteiger partial charge in [0.15, 0.2) is 0 Å². The smallest absolute Gasteiger partial charge is 4.00 e. The molecule has 9 heavy (non-hydrogen) atoms. The summed E-state index contributed by atoms with van der Waals surface area (Å²) in [6, 6.07) is 0. The van der Waals surface area contributed by atoms with Gasteiger partial charge >= 0.3 is 134 Å². The Kier molecular flexibility index (Phi) is 260. The van der Waals surface area contributed by atoms with Gasteiger partial charge in [-0.15, -0.1) is 0 Å². The molecule has 0 spiro atoms. The summed E-state index contributed by atoms with van der Waals surface area (Å²) in [6.45, 7) is 0. The summed E-state index contributed by atoms with van der Waals surface area (Å²) in [4.78, 5) is 0. The molecule has 9 heteroatoms. The van der Waals surface area contributed by atoms with E-state index in [4.69, 9.17) is 0 Å². The predicted molar refractivity (Wildman–Crippen MR) is 23.4 cm³/mol. The molecule has 0 atom stereocenters. The van der Waals surface area contributed by atoms with Gasteiger partial charge in [0.25, 0.3) is 0 Å². The molecule has 0 nitrogen and oxygen atoms in total. The van der Waals surface area contributed by atoms with Gasteiger partial charge in [-0.25, -0.2) is 0 Å². The van der Waals surface area contributed by atoms with E-state index < -0.39 is 0 Å². The average molecular weight is 1120 g/mol. The van der Waals surface area contributed by atoms with Crippen LogP contribution in [0.1, 0.15) is 0 Å². The van der Waals surface area contributed by atoms with E-state index in [2.05, 4.69) is 37.7 Å². The Morgan fingerprint density at radius 2 is 0.444 bits per heavy atom. The van der Waals surface area contributed by atoms with Crippen LogP contribution in [0.4, 0.5) is 0 Å². The van der Waals surface area contributed by atoms with E-state index in [0.717, 1.165) is 0 Å². The fourth-order valence-electron chi connectivity index (χ4n) is 0. The van der Waals surface area contributed by atoms with Crippen molar-refractivity contribution in [3.05, 3.63) is 0 Å². The second-order valence-electron chi connectivity index (χ2n) is 0. The molecule has 0 aromatic carbocycles. The van der Waals surface area contributed by atoms with Crippen molar-refractivity contribution in [1.82, 2.24) is 0 Å². The first-order valence-corrected chi connectivity index (χ1v) is 11.7. The summed E-state index contributed by atoms with van der Waals surface area (Å²) < 4.78 is 0. The number of rotatable bonds is 0. The van der Waals surface area contributed by atoms with E-state index >= 15 is 0 Å². The first-order valence-electron chi connectivity index (χ1n) is 0.478. The number of hydrogen-bond acceptors (Lipinski definition) is 0. The van der Waals surface area contributed by atoms with Crippen molar-refractivity contribution in [1.29, 1.82) is 0 Å². The number of hydrogen-bond donors (Lipinski definition) is 0. The Bertz CT molecular complexity index is 8.92. The molecule has 0 aromatic rings. The van der Waals surface area contributed by atoms with Crippen LogP contribution >= 0.6 is 37.7 Å². The van der Waals surface area contributed by atoms with Gasteiger partial charge in [-0.2, -0.15) is 0 Å². The van der Waals surface area contributed by atoms with Crippen molar-refractivity contribution in [3.8, 4) is 0 Å². The van der Waals surface area contributed by atoms with Crippen LogP contribution in [-0.2, 0) is 96.2 Å². The zero-order valence-corrected chi connectivity index (χ0v) is 17.5. The monoisotopic (exact) mass is 1110 g/mol. The van der Waals surface area contributed by atoms with Crippen LogP contribution in [0.25, 0.3) is 0 Å². The first kappa shape index (κ1) is 29.2. The maximum atomic E-state index is 4.61. The third-order valence-electron chi connectivity index (χ3n) is 0.